The predicted molar refractivity (Wildman–Crippen MR) is 68.6 cm³/mol. The summed E-state index contributed by atoms with van der Waals surface area (Å²) in [6.07, 6.45) is 0.862. The summed E-state index contributed by atoms with van der Waals surface area (Å²) in [5, 5.41) is 12.1. The number of hydrogen-bond donors (Lipinski definition) is 1. The maximum atomic E-state index is 8.82. The van der Waals surface area contributed by atoms with E-state index in [1.807, 2.05) is 25.1 Å². The van der Waals surface area contributed by atoms with Gasteiger partial charge < -0.3 is 10.1 Å². The molecule has 86 valence electrons. The third-order valence-corrected chi connectivity index (χ3v) is 3.00. The van der Waals surface area contributed by atoms with Crippen LogP contribution >= 0.6 is 15.9 Å². The van der Waals surface area contributed by atoms with Crippen molar-refractivity contribution in [3.63, 3.8) is 0 Å². The van der Waals surface area contributed by atoms with Crippen LogP contribution in [0.5, 0.6) is 5.75 Å². The van der Waals surface area contributed by atoms with Crippen molar-refractivity contribution in [2.75, 3.05) is 19.0 Å². The Balaban J connectivity index is 2.62. The molecule has 0 saturated heterocycles. The fourth-order valence-electron chi connectivity index (χ4n) is 1.30. The lowest BCUT2D eigenvalue weighted by molar-refractivity contribution is 0.412. The summed E-state index contributed by atoms with van der Waals surface area (Å²) in [6.45, 7) is 2.69. The van der Waals surface area contributed by atoms with Gasteiger partial charge in [0.1, 0.15) is 5.75 Å². The van der Waals surface area contributed by atoms with E-state index < -0.39 is 0 Å². The molecule has 1 rings (SSSR count). The lowest BCUT2D eigenvalue weighted by Crippen LogP contribution is -2.11. The van der Waals surface area contributed by atoms with E-state index in [-0.39, 0.29) is 5.92 Å². The lowest BCUT2D eigenvalue weighted by Gasteiger charge is -2.11. The van der Waals surface area contributed by atoms with Crippen molar-refractivity contribution in [2.24, 2.45) is 5.92 Å². The van der Waals surface area contributed by atoms with Crippen LogP contribution in [0.1, 0.15) is 13.3 Å². The molecule has 4 heteroatoms. The molecule has 0 heterocycles. The van der Waals surface area contributed by atoms with Crippen LogP contribution in [0.25, 0.3) is 0 Å². The van der Waals surface area contributed by atoms with Crippen molar-refractivity contribution >= 4 is 21.6 Å². The third kappa shape index (κ3) is 3.42. The van der Waals surface area contributed by atoms with E-state index >= 15 is 0 Å². The summed E-state index contributed by atoms with van der Waals surface area (Å²) >= 11 is 3.42. The zero-order chi connectivity index (χ0) is 12.0. The van der Waals surface area contributed by atoms with Gasteiger partial charge in [0.25, 0.3) is 0 Å². The largest absolute Gasteiger partial charge is 0.496 e. The minimum atomic E-state index is 0.0564. The van der Waals surface area contributed by atoms with Gasteiger partial charge in [-0.05, 0) is 40.5 Å². The van der Waals surface area contributed by atoms with Crippen molar-refractivity contribution in [3.8, 4) is 11.8 Å². The molecule has 0 radical (unpaired) electrons. The number of rotatable bonds is 5. The standard InChI is InChI=1S/C12H15BrN2O/c1-3-9(7-14)8-15-10-4-5-12(16-2)11(13)6-10/h4-6,9,15H,3,8H2,1-2H3. The van der Waals surface area contributed by atoms with Crippen LogP contribution < -0.4 is 10.1 Å². The highest BCUT2D eigenvalue weighted by atomic mass is 79.9. The van der Waals surface area contributed by atoms with Crippen LogP contribution in [-0.4, -0.2) is 13.7 Å². The summed E-state index contributed by atoms with van der Waals surface area (Å²) in [6, 6.07) is 8.03. The van der Waals surface area contributed by atoms with Crippen LogP contribution in [0.15, 0.2) is 22.7 Å². The van der Waals surface area contributed by atoms with E-state index in [1.54, 1.807) is 7.11 Å². The Hall–Kier alpha value is -1.21. The SMILES string of the molecule is CCC(C#N)CNc1ccc(OC)c(Br)c1. The van der Waals surface area contributed by atoms with Crippen molar-refractivity contribution in [3.05, 3.63) is 22.7 Å². The van der Waals surface area contributed by atoms with Crippen molar-refractivity contribution in [1.29, 1.82) is 5.26 Å². The molecule has 0 aromatic heterocycles. The molecule has 0 aliphatic rings. The summed E-state index contributed by atoms with van der Waals surface area (Å²) in [4.78, 5) is 0. The van der Waals surface area contributed by atoms with Gasteiger partial charge in [-0.2, -0.15) is 5.26 Å². The van der Waals surface area contributed by atoms with E-state index in [4.69, 9.17) is 10.00 Å². The van der Waals surface area contributed by atoms with E-state index in [0.29, 0.717) is 6.54 Å². The summed E-state index contributed by atoms with van der Waals surface area (Å²) in [5.41, 5.74) is 0.987. The topological polar surface area (TPSA) is 45.0 Å². The number of halogens is 1. The van der Waals surface area contributed by atoms with Gasteiger partial charge >= 0.3 is 0 Å². The first kappa shape index (κ1) is 12.9. The monoisotopic (exact) mass is 282 g/mol. The van der Waals surface area contributed by atoms with Crippen LogP contribution in [0.2, 0.25) is 0 Å². The smallest absolute Gasteiger partial charge is 0.133 e. The molecule has 0 spiro atoms. The van der Waals surface area contributed by atoms with E-state index in [0.717, 1.165) is 22.3 Å². The minimum Gasteiger partial charge on any atom is -0.496 e. The highest BCUT2D eigenvalue weighted by Crippen LogP contribution is 2.27. The second kappa shape index (κ2) is 6.39. The first-order chi connectivity index (χ1) is 7.71. The van der Waals surface area contributed by atoms with Gasteiger partial charge in [0.15, 0.2) is 0 Å². The Morgan fingerprint density at radius 1 is 1.56 bits per heavy atom. The van der Waals surface area contributed by atoms with Crippen LogP contribution in [0.3, 0.4) is 0 Å². The summed E-state index contributed by atoms with van der Waals surface area (Å²) < 4.78 is 6.05. The average molecular weight is 283 g/mol. The molecule has 1 N–H and O–H groups in total. The number of anilines is 1. The number of benzene rings is 1. The molecule has 0 amide bonds. The Kier molecular flexibility index (Phi) is 5.13. The maximum absolute atomic E-state index is 8.82. The number of nitrogens with zero attached hydrogens (tertiary/aromatic N) is 1. The fraction of sp³-hybridized carbons (Fsp3) is 0.417. The lowest BCUT2D eigenvalue weighted by atomic mass is 10.1. The second-order valence-electron chi connectivity index (χ2n) is 3.46. The van der Waals surface area contributed by atoms with Gasteiger partial charge in [0.05, 0.1) is 23.6 Å². The molecule has 3 nitrogen and oxygen atoms in total. The predicted octanol–water partition coefficient (Wildman–Crippen LogP) is 3.42. The number of ether oxygens (including phenoxy) is 1. The molecule has 0 aliphatic heterocycles. The van der Waals surface area contributed by atoms with Gasteiger partial charge in [-0.15, -0.1) is 0 Å². The molecule has 1 unspecified atom stereocenters. The number of methoxy groups -OCH3 is 1. The maximum Gasteiger partial charge on any atom is 0.133 e. The van der Waals surface area contributed by atoms with Crippen molar-refractivity contribution in [2.45, 2.75) is 13.3 Å². The first-order valence-electron chi connectivity index (χ1n) is 5.18. The Bertz CT molecular complexity index is 387. The molecule has 1 atom stereocenters. The molecule has 0 saturated carbocycles. The average Bonchev–Trinajstić information content (AvgIpc) is 2.30. The fourth-order valence-corrected chi connectivity index (χ4v) is 1.84. The highest BCUT2D eigenvalue weighted by molar-refractivity contribution is 9.10. The van der Waals surface area contributed by atoms with Crippen LogP contribution in [0, 0.1) is 17.2 Å². The van der Waals surface area contributed by atoms with Crippen molar-refractivity contribution in [1.82, 2.24) is 0 Å². The molecule has 1 aromatic carbocycles. The number of hydrogen-bond acceptors (Lipinski definition) is 3. The summed E-state index contributed by atoms with van der Waals surface area (Å²) in [7, 11) is 1.63. The first-order valence-corrected chi connectivity index (χ1v) is 5.97. The van der Waals surface area contributed by atoms with Gasteiger partial charge in [0.2, 0.25) is 0 Å². The van der Waals surface area contributed by atoms with Crippen LogP contribution in [-0.2, 0) is 0 Å². The second-order valence-corrected chi connectivity index (χ2v) is 4.32. The number of nitrogens with one attached hydrogen (secondary N) is 1. The Labute approximate surface area is 105 Å². The minimum absolute atomic E-state index is 0.0564. The molecule has 0 bridgehead atoms. The molecular weight excluding hydrogens is 268 g/mol. The highest BCUT2D eigenvalue weighted by Gasteiger charge is 2.05. The molecule has 16 heavy (non-hydrogen) atoms. The van der Waals surface area contributed by atoms with E-state index in [9.17, 15) is 0 Å². The van der Waals surface area contributed by atoms with E-state index in [1.165, 1.54) is 0 Å². The molecule has 0 fully saturated rings. The van der Waals surface area contributed by atoms with Crippen LogP contribution in [0.4, 0.5) is 5.69 Å². The zero-order valence-electron chi connectivity index (χ0n) is 9.46. The van der Waals surface area contributed by atoms with E-state index in [2.05, 4.69) is 27.3 Å². The molecule has 0 aliphatic carbocycles. The van der Waals surface area contributed by atoms with Gasteiger partial charge in [-0.1, -0.05) is 6.92 Å². The van der Waals surface area contributed by atoms with Gasteiger partial charge in [-0.25, -0.2) is 0 Å². The van der Waals surface area contributed by atoms with Gasteiger partial charge in [0, 0.05) is 12.2 Å². The normalized spacial score (nSPS) is 11.6. The Morgan fingerprint density at radius 3 is 2.81 bits per heavy atom. The molecule has 1 aromatic rings. The van der Waals surface area contributed by atoms with Gasteiger partial charge in [-0.3, -0.25) is 0 Å². The third-order valence-electron chi connectivity index (χ3n) is 2.38. The number of nitriles is 1. The Morgan fingerprint density at radius 2 is 2.31 bits per heavy atom. The van der Waals surface area contributed by atoms with Crippen molar-refractivity contribution < 1.29 is 4.74 Å². The zero-order valence-corrected chi connectivity index (χ0v) is 11.0. The summed E-state index contributed by atoms with van der Waals surface area (Å²) in [5.74, 6) is 0.860. The quantitative estimate of drug-likeness (QED) is 0.900. The molecular formula is C12H15BrN2O.